The summed E-state index contributed by atoms with van der Waals surface area (Å²) in [7, 11) is 1.83. The highest BCUT2D eigenvalue weighted by molar-refractivity contribution is 6.38. The summed E-state index contributed by atoms with van der Waals surface area (Å²) >= 11 is 6.55. The molecule has 0 unspecified atom stereocenters. The van der Waals surface area contributed by atoms with E-state index < -0.39 is 0 Å². The summed E-state index contributed by atoms with van der Waals surface area (Å²) in [6.07, 6.45) is 1.64. The number of nitrogens with zero attached hydrogens (tertiary/aromatic N) is 5. The van der Waals surface area contributed by atoms with E-state index in [9.17, 15) is 0 Å². The molecular weight excluding hydrogens is 326 g/mol. The molecule has 3 aromatic heterocycles. The van der Waals surface area contributed by atoms with Gasteiger partial charge in [0.2, 0.25) is 5.82 Å². The summed E-state index contributed by atoms with van der Waals surface area (Å²) in [6.45, 7) is 3.92. The molecule has 0 saturated heterocycles. The molecule has 4 aromatic rings. The van der Waals surface area contributed by atoms with E-state index in [0.29, 0.717) is 22.3 Å². The van der Waals surface area contributed by atoms with E-state index in [-0.39, 0.29) is 0 Å². The van der Waals surface area contributed by atoms with E-state index >= 15 is 0 Å². The molecule has 0 fully saturated rings. The van der Waals surface area contributed by atoms with E-state index in [4.69, 9.17) is 16.1 Å². The Balaban J connectivity index is 1.82. The van der Waals surface area contributed by atoms with Crippen LogP contribution >= 0.6 is 11.6 Å². The largest absolute Gasteiger partial charge is 0.333 e. The normalized spacial score (nSPS) is 11.3. The number of rotatable bonds is 2. The lowest BCUT2D eigenvalue weighted by Crippen LogP contribution is -1.92. The lowest BCUT2D eigenvalue weighted by Gasteiger charge is -2.00. The van der Waals surface area contributed by atoms with Crippen molar-refractivity contribution in [3.63, 3.8) is 0 Å². The summed E-state index contributed by atoms with van der Waals surface area (Å²) in [5.74, 6) is 0.859. The maximum absolute atomic E-state index is 6.55. The van der Waals surface area contributed by atoms with Crippen molar-refractivity contribution in [2.75, 3.05) is 0 Å². The number of aryl methyl sites for hydroxylation is 3. The van der Waals surface area contributed by atoms with E-state index in [1.54, 1.807) is 10.9 Å². The SMILES string of the molecule is Cc1ccc(-c2noc(-c3cnc4c(c(C)nn4C)c3Cl)n2)cc1. The van der Waals surface area contributed by atoms with Crippen LogP contribution in [-0.4, -0.2) is 24.9 Å². The van der Waals surface area contributed by atoms with Gasteiger partial charge in [0.15, 0.2) is 5.65 Å². The van der Waals surface area contributed by atoms with Gasteiger partial charge < -0.3 is 4.52 Å². The van der Waals surface area contributed by atoms with Gasteiger partial charge in [-0.15, -0.1) is 0 Å². The summed E-state index contributed by atoms with van der Waals surface area (Å²) in [5.41, 5.74) is 4.20. The highest BCUT2D eigenvalue weighted by Crippen LogP contribution is 2.34. The maximum atomic E-state index is 6.55. The molecule has 0 bridgehead atoms. The van der Waals surface area contributed by atoms with Crippen molar-refractivity contribution in [3.8, 4) is 22.8 Å². The van der Waals surface area contributed by atoms with Crippen molar-refractivity contribution in [1.29, 1.82) is 0 Å². The van der Waals surface area contributed by atoms with Crippen LogP contribution in [0.2, 0.25) is 5.02 Å². The zero-order valence-corrected chi connectivity index (χ0v) is 14.2. The first kappa shape index (κ1) is 14.8. The maximum Gasteiger partial charge on any atom is 0.261 e. The van der Waals surface area contributed by atoms with Gasteiger partial charge in [0.05, 0.1) is 21.7 Å². The van der Waals surface area contributed by atoms with Crippen molar-refractivity contribution in [3.05, 3.63) is 46.7 Å². The number of pyridine rings is 1. The number of hydrogen-bond donors (Lipinski definition) is 0. The minimum absolute atomic E-state index is 0.341. The molecule has 24 heavy (non-hydrogen) atoms. The summed E-state index contributed by atoms with van der Waals surface area (Å²) in [5, 5.41) is 9.71. The Bertz CT molecular complexity index is 1050. The van der Waals surface area contributed by atoms with Gasteiger partial charge in [-0.2, -0.15) is 10.1 Å². The van der Waals surface area contributed by atoms with Crippen LogP contribution in [0.5, 0.6) is 0 Å². The Morgan fingerprint density at radius 1 is 1.12 bits per heavy atom. The molecular formula is C17H14ClN5O. The summed E-state index contributed by atoms with van der Waals surface area (Å²) in [6, 6.07) is 7.92. The predicted molar refractivity (Wildman–Crippen MR) is 91.7 cm³/mol. The van der Waals surface area contributed by atoms with Crippen LogP contribution in [0, 0.1) is 13.8 Å². The number of benzene rings is 1. The second-order valence-electron chi connectivity index (χ2n) is 5.68. The molecule has 6 nitrogen and oxygen atoms in total. The third-order valence-corrected chi connectivity index (χ3v) is 4.32. The smallest absolute Gasteiger partial charge is 0.261 e. The Morgan fingerprint density at radius 3 is 2.62 bits per heavy atom. The molecule has 3 heterocycles. The molecule has 0 N–H and O–H groups in total. The number of aromatic nitrogens is 5. The molecule has 120 valence electrons. The summed E-state index contributed by atoms with van der Waals surface area (Å²) in [4.78, 5) is 8.88. The number of hydrogen-bond acceptors (Lipinski definition) is 5. The van der Waals surface area contributed by atoms with Gasteiger partial charge in [-0.1, -0.05) is 46.6 Å². The Morgan fingerprint density at radius 2 is 1.88 bits per heavy atom. The average molecular weight is 340 g/mol. The molecule has 0 aliphatic heterocycles. The molecule has 0 aliphatic rings. The second kappa shape index (κ2) is 5.42. The second-order valence-corrected chi connectivity index (χ2v) is 6.06. The fraction of sp³-hybridized carbons (Fsp3) is 0.176. The first-order valence-electron chi connectivity index (χ1n) is 7.43. The highest BCUT2D eigenvalue weighted by atomic mass is 35.5. The van der Waals surface area contributed by atoms with Crippen molar-refractivity contribution < 1.29 is 4.52 Å². The van der Waals surface area contributed by atoms with Gasteiger partial charge in [-0.25, -0.2) is 4.98 Å². The van der Waals surface area contributed by atoms with Gasteiger partial charge in [0.25, 0.3) is 5.89 Å². The van der Waals surface area contributed by atoms with Gasteiger partial charge in [-0.05, 0) is 13.8 Å². The van der Waals surface area contributed by atoms with Crippen LogP contribution in [0.4, 0.5) is 0 Å². The fourth-order valence-corrected chi connectivity index (χ4v) is 3.02. The predicted octanol–water partition coefficient (Wildman–Crippen LogP) is 3.96. The molecule has 0 radical (unpaired) electrons. The third kappa shape index (κ3) is 2.27. The van der Waals surface area contributed by atoms with Gasteiger partial charge in [0, 0.05) is 18.8 Å². The molecule has 1 aromatic carbocycles. The lowest BCUT2D eigenvalue weighted by molar-refractivity contribution is 0.432. The van der Waals surface area contributed by atoms with Gasteiger partial charge in [-0.3, -0.25) is 4.68 Å². The molecule has 0 saturated carbocycles. The number of halogens is 1. The first-order valence-corrected chi connectivity index (χ1v) is 7.81. The Kier molecular flexibility index (Phi) is 3.35. The van der Waals surface area contributed by atoms with E-state index in [1.807, 2.05) is 45.2 Å². The van der Waals surface area contributed by atoms with Crippen LogP contribution in [0.3, 0.4) is 0 Å². The van der Waals surface area contributed by atoms with E-state index in [2.05, 4.69) is 20.2 Å². The summed E-state index contributed by atoms with van der Waals surface area (Å²) < 4.78 is 7.10. The van der Waals surface area contributed by atoms with Crippen LogP contribution in [0.1, 0.15) is 11.3 Å². The fourth-order valence-electron chi connectivity index (χ4n) is 2.67. The minimum Gasteiger partial charge on any atom is -0.333 e. The monoisotopic (exact) mass is 339 g/mol. The zero-order valence-electron chi connectivity index (χ0n) is 13.4. The zero-order chi connectivity index (χ0) is 16.8. The Labute approximate surface area is 143 Å². The van der Waals surface area contributed by atoms with Crippen LogP contribution in [-0.2, 0) is 7.05 Å². The van der Waals surface area contributed by atoms with Gasteiger partial charge in [0.1, 0.15) is 0 Å². The standard InChI is InChI=1S/C17H14ClN5O/c1-9-4-6-11(7-5-9)15-20-17(24-22-15)12-8-19-16-13(14(12)18)10(2)21-23(16)3/h4-8H,1-3H3. The number of fused-ring (bicyclic) bond motifs is 1. The van der Waals surface area contributed by atoms with Crippen LogP contribution in [0.15, 0.2) is 35.0 Å². The van der Waals surface area contributed by atoms with Crippen molar-refractivity contribution >= 4 is 22.6 Å². The molecule has 0 amide bonds. The molecule has 4 rings (SSSR count). The first-order chi connectivity index (χ1) is 11.5. The van der Waals surface area contributed by atoms with E-state index in [0.717, 1.165) is 22.3 Å². The van der Waals surface area contributed by atoms with Crippen molar-refractivity contribution in [2.45, 2.75) is 13.8 Å². The lowest BCUT2D eigenvalue weighted by atomic mass is 10.1. The minimum atomic E-state index is 0.341. The van der Waals surface area contributed by atoms with Crippen molar-refractivity contribution in [1.82, 2.24) is 24.9 Å². The average Bonchev–Trinajstić information content (AvgIpc) is 3.14. The highest BCUT2D eigenvalue weighted by Gasteiger charge is 2.19. The van der Waals surface area contributed by atoms with Gasteiger partial charge >= 0.3 is 0 Å². The molecule has 0 atom stereocenters. The van der Waals surface area contributed by atoms with Crippen LogP contribution in [0.25, 0.3) is 33.9 Å². The van der Waals surface area contributed by atoms with Crippen molar-refractivity contribution in [2.24, 2.45) is 7.05 Å². The third-order valence-electron chi connectivity index (χ3n) is 3.93. The molecule has 7 heteroatoms. The van der Waals surface area contributed by atoms with Crippen LogP contribution < -0.4 is 0 Å². The molecule has 0 spiro atoms. The quantitative estimate of drug-likeness (QED) is 0.553. The molecule has 0 aliphatic carbocycles. The topological polar surface area (TPSA) is 69.6 Å². The van der Waals surface area contributed by atoms with E-state index in [1.165, 1.54) is 5.56 Å². The Hall–Kier alpha value is -2.73.